The van der Waals surface area contributed by atoms with Gasteiger partial charge in [-0.05, 0) is 75.2 Å². The molecular formula is C38H62N2. The van der Waals surface area contributed by atoms with E-state index >= 15 is 0 Å². The molecule has 3 rings (SSSR count). The zero-order valence-electron chi connectivity index (χ0n) is 27.4. The molecule has 0 aliphatic carbocycles. The lowest BCUT2D eigenvalue weighted by atomic mass is 9.77. The molecule has 2 aromatic carbocycles. The third-order valence-corrected chi connectivity index (χ3v) is 7.46. The fourth-order valence-electron chi connectivity index (χ4n) is 5.29. The summed E-state index contributed by atoms with van der Waals surface area (Å²) in [5, 5.41) is 6.86. The van der Waals surface area contributed by atoms with Crippen molar-refractivity contribution in [2.75, 3.05) is 13.1 Å². The van der Waals surface area contributed by atoms with Crippen LogP contribution < -0.4 is 10.6 Å². The Bertz CT molecular complexity index is 877. The molecule has 1 aliphatic rings. The number of nitrogens with one attached hydrogen (secondary N) is 2. The van der Waals surface area contributed by atoms with Crippen molar-refractivity contribution in [3.8, 4) is 0 Å². The van der Waals surface area contributed by atoms with Gasteiger partial charge in [-0.2, -0.15) is 0 Å². The summed E-state index contributed by atoms with van der Waals surface area (Å²) in [7, 11) is 0. The van der Waals surface area contributed by atoms with Crippen LogP contribution in [0.15, 0.2) is 97.2 Å². The van der Waals surface area contributed by atoms with E-state index in [1.807, 2.05) is 32.9 Å². The van der Waals surface area contributed by atoms with Crippen LogP contribution in [0, 0.1) is 11.8 Å². The van der Waals surface area contributed by atoms with E-state index in [4.69, 9.17) is 0 Å². The fraction of sp³-hybridized carbons (Fsp3) is 0.526. The Kier molecular flexibility index (Phi) is 20.7. The van der Waals surface area contributed by atoms with E-state index in [-0.39, 0.29) is 0 Å². The summed E-state index contributed by atoms with van der Waals surface area (Å²) in [6.45, 7) is 31.6. The molecule has 40 heavy (non-hydrogen) atoms. The predicted octanol–water partition coefficient (Wildman–Crippen LogP) is 10.8. The highest BCUT2D eigenvalue weighted by atomic mass is 15.0. The van der Waals surface area contributed by atoms with E-state index in [0.717, 1.165) is 23.1 Å². The molecule has 0 unspecified atom stereocenters. The standard InChI is InChI=1S/C19H21N.C9H20.C8H15N.C2H6/c1-15(2)19(20-16(3)4,17-11-7-5-8-12-17)18-13-9-6-10-14-18;1-4-7-9(6-3)8-5-2;1-7(2)8-3-5-9-6-4-8;1-2/h5-14,20H,1,3H2,2,4H3;9H,4-8H2,1-3H3;8-9H,1,3-6H2,2H3;1-2H3. The van der Waals surface area contributed by atoms with Gasteiger partial charge in [0.1, 0.15) is 5.54 Å². The molecule has 0 spiro atoms. The van der Waals surface area contributed by atoms with Crippen LogP contribution in [-0.2, 0) is 5.54 Å². The molecule has 0 bridgehead atoms. The van der Waals surface area contributed by atoms with Crippen LogP contribution in [0.25, 0.3) is 0 Å². The molecule has 1 heterocycles. The maximum atomic E-state index is 4.23. The Hall–Kier alpha value is -2.58. The van der Waals surface area contributed by atoms with Crippen molar-refractivity contribution in [2.24, 2.45) is 11.8 Å². The van der Waals surface area contributed by atoms with Gasteiger partial charge in [-0.1, -0.05) is 153 Å². The molecular weight excluding hydrogens is 484 g/mol. The van der Waals surface area contributed by atoms with Crippen molar-refractivity contribution in [1.82, 2.24) is 10.6 Å². The molecule has 2 N–H and O–H groups in total. The Balaban J connectivity index is 0.000000634. The maximum absolute atomic E-state index is 4.23. The van der Waals surface area contributed by atoms with E-state index in [9.17, 15) is 0 Å². The van der Waals surface area contributed by atoms with E-state index in [1.165, 1.54) is 74.7 Å². The highest BCUT2D eigenvalue weighted by molar-refractivity contribution is 5.47. The van der Waals surface area contributed by atoms with E-state index in [2.05, 4.69) is 114 Å². The molecule has 0 saturated carbocycles. The summed E-state index contributed by atoms with van der Waals surface area (Å²) >= 11 is 0. The molecule has 0 radical (unpaired) electrons. The van der Waals surface area contributed by atoms with Gasteiger partial charge in [0.05, 0.1) is 0 Å². The Morgan fingerprint density at radius 2 is 1.23 bits per heavy atom. The van der Waals surface area contributed by atoms with Gasteiger partial charge >= 0.3 is 0 Å². The average Bonchev–Trinajstić information content (AvgIpc) is 2.98. The average molecular weight is 547 g/mol. The smallest absolute Gasteiger partial charge is 0.109 e. The minimum Gasteiger partial charge on any atom is -0.372 e. The lowest BCUT2D eigenvalue weighted by Crippen LogP contribution is -2.43. The molecule has 1 saturated heterocycles. The van der Waals surface area contributed by atoms with Crippen molar-refractivity contribution in [2.45, 2.75) is 106 Å². The molecule has 2 aromatic rings. The summed E-state index contributed by atoms with van der Waals surface area (Å²) in [5.74, 6) is 1.81. The molecule has 1 aliphatic heterocycles. The monoisotopic (exact) mass is 546 g/mol. The first kappa shape index (κ1) is 37.4. The zero-order chi connectivity index (χ0) is 30.4. The number of benzene rings is 2. The van der Waals surface area contributed by atoms with Crippen molar-refractivity contribution in [1.29, 1.82) is 0 Å². The van der Waals surface area contributed by atoms with E-state index in [0.29, 0.717) is 0 Å². The molecule has 2 nitrogen and oxygen atoms in total. The third kappa shape index (κ3) is 13.2. The van der Waals surface area contributed by atoms with Crippen LogP contribution in [0.5, 0.6) is 0 Å². The van der Waals surface area contributed by atoms with Gasteiger partial charge in [-0.15, -0.1) is 0 Å². The van der Waals surface area contributed by atoms with Gasteiger partial charge < -0.3 is 10.6 Å². The SMILES string of the molecule is C=C(C)C1CCNCC1.C=C(C)NC(C(=C)C)(c1ccccc1)c1ccccc1.CC.CCCC(CC)CCC. The summed E-state index contributed by atoms with van der Waals surface area (Å²) in [4.78, 5) is 0. The molecule has 224 valence electrons. The second-order valence-electron chi connectivity index (χ2n) is 10.9. The highest BCUT2D eigenvalue weighted by Crippen LogP contribution is 2.36. The highest BCUT2D eigenvalue weighted by Gasteiger charge is 2.34. The summed E-state index contributed by atoms with van der Waals surface area (Å²) in [6, 6.07) is 20.7. The first-order valence-electron chi connectivity index (χ1n) is 15.8. The predicted molar refractivity (Wildman–Crippen MR) is 182 cm³/mol. The van der Waals surface area contributed by atoms with Crippen LogP contribution in [-0.4, -0.2) is 13.1 Å². The van der Waals surface area contributed by atoms with Crippen LogP contribution >= 0.6 is 0 Å². The second-order valence-corrected chi connectivity index (χ2v) is 10.9. The van der Waals surface area contributed by atoms with Gasteiger partial charge in [0.2, 0.25) is 0 Å². The van der Waals surface area contributed by atoms with E-state index in [1.54, 1.807) is 0 Å². The molecule has 0 aromatic heterocycles. The molecule has 2 heteroatoms. The number of allylic oxidation sites excluding steroid dienone is 2. The van der Waals surface area contributed by atoms with Crippen LogP contribution in [0.1, 0.15) is 111 Å². The number of hydrogen-bond donors (Lipinski definition) is 2. The van der Waals surface area contributed by atoms with Gasteiger partial charge in [0.15, 0.2) is 0 Å². The first-order chi connectivity index (χ1) is 19.2. The van der Waals surface area contributed by atoms with Crippen molar-refractivity contribution >= 4 is 0 Å². The van der Waals surface area contributed by atoms with Gasteiger partial charge in [0.25, 0.3) is 0 Å². The zero-order valence-corrected chi connectivity index (χ0v) is 27.4. The Labute approximate surface area is 249 Å². The quantitative estimate of drug-likeness (QED) is 0.274. The van der Waals surface area contributed by atoms with Crippen LogP contribution in [0.4, 0.5) is 0 Å². The molecule has 0 amide bonds. The summed E-state index contributed by atoms with van der Waals surface area (Å²) in [5.41, 5.74) is 5.22. The Morgan fingerprint density at radius 1 is 0.800 bits per heavy atom. The third-order valence-electron chi connectivity index (χ3n) is 7.46. The topological polar surface area (TPSA) is 24.1 Å². The number of hydrogen-bond acceptors (Lipinski definition) is 2. The van der Waals surface area contributed by atoms with Crippen LogP contribution in [0.3, 0.4) is 0 Å². The second kappa shape index (κ2) is 22.1. The molecule has 1 fully saturated rings. The summed E-state index contributed by atoms with van der Waals surface area (Å²) in [6.07, 6.45) is 9.54. The van der Waals surface area contributed by atoms with Gasteiger partial charge in [-0.3, -0.25) is 0 Å². The molecule has 0 atom stereocenters. The van der Waals surface area contributed by atoms with Crippen molar-refractivity contribution in [3.63, 3.8) is 0 Å². The van der Waals surface area contributed by atoms with Crippen molar-refractivity contribution < 1.29 is 0 Å². The largest absolute Gasteiger partial charge is 0.372 e. The maximum Gasteiger partial charge on any atom is 0.109 e. The van der Waals surface area contributed by atoms with E-state index < -0.39 is 5.54 Å². The lowest BCUT2D eigenvalue weighted by Gasteiger charge is -2.38. The van der Waals surface area contributed by atoms with Crippen LogP contribution in [0.2, 0.25) is 0 Å². The summed E-state index contributed by atoms with van der Waals surface area (Å²) < 4.78 is 0. The fourth-order valence-corrected chi connectivity index (χ4v) is 5.29. The minimum atomic E-state index is -0.436. The number of rotatable bonds is 11. The number of piperidine rings is 1. The first-order valence-corrected chi connectivity index (χ1v) is 15.8. The Morgan fingerprint density at radius 3 is 1.50 bits per heavy atom. The van der Waals surface area contributed by atoms with Gasteiger partial charge in [0, 0.05) is 5.70 Å². The normalized spacial score (nSPS) is 12.9. The van der Waals surface area contributed by atoms with Crippen molar-refractivity contribution in [3.05, 3.63) is 108 Å². The minimum absolute atomic E-state index is 0.436. The lowest BCUT2D eigenvalue weighted by molar-refractivity contribution is 0.421. The van der Waals surface area contributed by atoms with Gasteiger partial charge in [-0.25, -0.2) is 0 Å².